The summed E-state index contributed by atoms with van der Waals surface area (Å²) in [5.74, 6) is -8.54. The van der Waals surface area contributed by atoms with Crippen LogP contribution in [0.3, 0.4) is 0 Å². The quantitative estimate of drug-likeness (QED) is 0.525. The molecule has 0 saturated carbocycles. The van der Waals surface area contributed by atoms with Crippen molar-refractivity contribution in [3.8, 4) is 5.75 Å². The number of para-hydroxylation sites is 1. The van der Waals surface area contributed by atoms with Crippen molar-refractivity contribution in [3.63, 3.8) is 0 Å². The maximum atomic E-state index is 13.6. The number of nitrogens with zero attached hydrogens (tertiary/aromatic N) is 1. The lowest BCUT2D eigenvalue weighted by Gasteiger charge is -2.30. The number of anilines is 1. The van der Waals surface area contributed by atoms with Crippen molar-refractivity contribution < 1.29 is 47.3 Å². The van der Waals surface area contributed by atoms with Crippen LogP contribution < -0.4 is 15.0 Å². The maximum Gasteiger partial charge on any atom is 0.573 e. The van der Waals surface area contributed by atoms with Crippen molar-refractivity contribution in [2.24, 2.45) is 11.8 Å². The van der Waals surface area contributed by atoms with Crippen LogP contribution in [0.25, 0.3) is 0 Å². The molecule has 4 unspecified atom stereocenters. The zero-order valence-electron chi connectivity index (χ0n) is 18.1. The van der Waals surface area contributed by atoms with Gasteiger partial charge in [0.15, 0.2) is 0 Å². The lowest BCUT2D eigenvalue weighted by Crippen LogP contribution is -2.57. The second-order valence-corrected chi connectivity index (χ2v) is 8.39. The molecule has 3 N–H and O–H groups in total. The summed E-state index contributed by atoms with van der Waals surface area (Å²) in [6.07, 6.45) is -6.04. The van der Waals surface area contributed by atoms with Gasteiger partial charge in [-0.3, -0.25) is 24.5 Å². The number of hydrogen-bond acceptors (Lipinski definition) is 6. The van der Waals surface area contributed by atoms with Gasteiger partial charge in [-0.25, -0.2) is 4.90 Å². The third-order valence-electron chi connectivity index (χ3n) is 6.27. The molecule has 2 aliphatic rings. The van der Waals surface area contributed by atoms with Crippen LogP contribution in [0.4, 0.5) is 18.9 Å². The average molecular weight is 492 g/mol. The summed E-state index contributed by atoms with van der Waals surface area (Å²) in [5, 5.41) is 22.1. The number of fused-ring (bicyclic) bond motifs is 1. The highest BCUT2D eigenvalue weighted by molar-refractivity contribution is 6.24. The topological polar surface area (TPSA) is 133 Å². The molecule has 9 nitrogen and oxygen atoms in total. The van der Waals surface area contributed by atoms with Crippen LogP contribution in [0.15, 0.2) is 48.5 Å². The summed E-state index contributed by atoms with van der Waals surface area (Å²) >= 11 is 0. The molecule has 12 heteroatoms. The Morgan fingerprint density at radius 3 is 2.37 bits per heavy atom. The predicted octanol–water partition coefficient (Wildman–Crippen LogP) is 2.64. The number of nitrogens with one attached hydrogen (secondary N) is 1. The van der Waals surface area contributed by atoms with Crippen LogP contribution in [0.1, 0.15) is 23.6 Å². The van der Waals surface area contributed by atoms with E-state index in [0.29, 0.717) is 5.56 Å². The van der Waals surface area contributed by atoms with Crippen LogP contribution in [-0.2, 0) is 19.2 Å². The Morgan fingerprint density at radius 2 is 1.77 bits per heavy atom. The number of carbonyl (C=O) groups excluding carboxylic acids is 2. The molecule has 4 rings (SSSR count). The van der Waals surface area contributed by atoms with E-state index in [-0.39, 0.29) is 11.3 Å². The molecule has 2 aromatic carbocycles. The van der Waals surface area contributed by atoms with Gasteiger partial charge in [0.05, 0.1) is 23.9 Å². The number of rotatable bonds is 6. The Balaban J connectivity index is 1.86. The molecule has 0 aromatic heterocycles. The zero-order valence-corrected chi connectivity index (χ0v) is 18.1. The number of amides is 2. The molecule has 35 heavy (non-hydrogen) atoms. The van der Waals surface area contributed by atoms with Gasteiger partial charge in [-0.15, -0.1) is 13.2 Å². The third-order valence-corrected chi connectivity index (χ3v) is 6.27. The Morgan fingerprint density at radius 1 is 1.09 bits per heavy atom. The molecule has 2 fully saturated rings. The smallest absolute Gasteiger partial charge is 0.481 e. The number of aryl methyl sites for hydroxylation is 1. The molecule has 0 spiro atoms. The predicted molar refractivity (Wildman–Crippen MR) is 112 cm³/mol. The molecule has 2 amide bonds. The minimum atomic E-state index is -5.00. The fourth-order valence-electron chi connectivity index (χ4n) is 4.92. The van der Waals surface area contributed by atoms with Crippen molar-refractivity contribution in [1.82, 2.24) is 5.32 Å². The Bertz CT molecular complexity index is 1230. The Kier molecular flexibility index (Phi) is 5.79. The molecule has 184 valence electrons. The van der Waals surface area contributed by atoms with E-state index in [2.05, 4.69) is 10.1 Å². The zero-order chi connectivity index (χ0) is 25.7. The normalized spacial score (nSPS) is 26.1. The number of halogens is 3. The summed E-state index contributed by atoms with van der Waals surface area (Å²) in [7, 11) is 0. The number of imide groups is 1. The first-order valence-electron chi connectivity index (χ1n) is 10.4. The molecule has 4 atom stereocenters. The fraction of sp³-hybridized carbons (Fsp3) is 0.304. The number of alkyl halides is 3. The van der Waals surface area contributed by atoms with E-state index in [4.69, 9.17) is 0 Å². The number of benzene rings is 2. The molecular formula is C23H19F3N2O7. The third kappa shape index (κ3) is 4.09. The van der Waals surface area contributed by atoms with E-state index < -0.39 is 65.7 Å². The monoisotopic (exact) mass is 492 g/mol. The second-order valence-electron chi connectivity index (χ2n) is 8.39. The minimum absolute atomic E-state index is 0.0306. The van der Waals surface area contributed by atoms with E-state index in [1.165, 1.54) is 18.2 Å². The van der Waals surface area contributed by atoms with Gasteiger partial charge in [0.1, 0.15) is 11.3 Å². The van der Waals surface area contributed by atoms with Crippen LogP contribution in [-0.4, -0.2) is 45.9 Å². The standard InChI is InChI=1S/C23H19F3N2O7/c1-11-5-2-3-8-14(11)28-19(31)16-17(20(28)32)22(21(33)34,10-15(29)30)27-18(16)12-6-4-7-13(9-12)35-23(24,25)26/h2-9,16-18,27H,10H2,1H3,(H,29,30)(H,33,34). The number of carbonyl (C=O) groups is 4. The Labute approximate surface area is 196 Å². The molecular weight excluding hydrogens is 473 g/mol. The molecule has 2 aromatic rings. The van der Waals surface area contributed by atoms with Crippen molar-refractivity contribution in [2.75, 3.05) is 4.90 Å². The van der Waals surface area contributed by atoms with E-state index in [0.717, 1.165) is 17.0 Å². The van der Waals surface area contributed by atoms with E-state index in [1.54, 1.807) is 25.1 Å². The van der Waals surface area contributed by atoms with E-state index in [1.807, 2.05) is 0 Å². The number of carboxylic acid groups (broad SMARTS) is 2. The summed E-state index contributed by atoms with van der Waals surface area (Å²) in [6, 6.07) is 9.64. The lowest BCUT2D eigenvalue weighted by molar-refractivity contribution is -0.274. The van der Waals surface area contributed by atoms with Crippen LogP contribution in [0.5, 0.6) is 5.75 Å². The lowest BCUT2D eigenvalue weighted by atomic mass is 9.77. The highest BCUT2D eigenvalue weighted by Gasteiger charge is 2.69. The second kappa shape index (κ2) is 8.38. The summed E-state index contributed by atoms with van der Waals surface area (Å²) in [6.45, 7) is 1.64. The first kappa shape index (κ1) is 24.2. The number of aliphatic carboxylic acids is 2. The molecule has 0 aliphatic carbocycles. The molecule has 2 aliphatic heterocycles. The van der Waals surface area contributed by atoms with Gasteiger partial charge >= 0.3 is 18.3 Å². The summed E-state index contributed by atoms with van der Waals surface area (Å²) in [5.41, 5.74) is -1.60. The van der Waals surface area contributed by atoms with Gasteiger partial charge in [0.2, 0.25) is 11.8 Å². The van der Waals surface area contributed by atoms with Crippen LogP contribution in [0, 0.1) is 18.8 Å². The summed E-state index contributed by atoms with van der Waals surface area (Å²) in [4.78, 5) is 52.0. The van der Waals surface area contributed by atoms with Gasteiger partial charge in [-0.2, -0.15) is 0 Å². The van der Waals surface area contributed by atoms with Gasteiger partial charge in [-0.05, 0) is 36.2 Å². The fourth-order valence-corrected chi connectivity index (χ4v) is 4.92. The van der Waals surface area contributed by atoms with Gasteiger partial charge < -0.3 is 14.9 Å². The highest BCUT2D eigenvalue weighted by Crippen LogP contribution is 2.51. The number of carboxylic acids is 2. The SMILES string of the molecule is Cc1ccccc1N1C(=O)C2C(c3cccc(OC(F)(F)F)c3)NC(CC(=O)O)(C(=O)O)C2C1=O. The van der Waals surface area contributed by atoms with Crippen LogP contribution >= 0.6 is 0 Å². The first-order chi connectivity index (χ1) is 16.4. The molecule has 2 saturated heterocycles. The highest BCUT2D eigenvalue weighted by atomic mass is 19.4. The van der Waals surface area contributed by atoms with Crippen LogP contribution in [0.2, 0.25) is 0 Å². The summed E-state index contributed by atoms with van der Waals surface area (Å²) < 4.78 is 42.2. The molecule has 2 heterocycles. The largest absolute Gasteiger partial charge is 0.573 e. The van der Waals surface area contributed by atoms with Crippen molar-refractivity contribution >= 4 is 29.4 Å². The molecule has 0 radical (unpaired) electrons. The van der Waals surface area contributed by atoms with Gasteiger partial charge in [0, 0.05) is 6.04 Å². The van der Waals surface area contributed by atoms with Gasteiger partial charge in [-0.1, -0.05) is 30.3 Å². The maximum absolute atomic E-state index is 13.6. The minimum Gasteiger partial charge on any atom is -0.481 e. The number of ether oxygens (including phenoxy) is 1. The van der Waals surface area contributed by atoms with Crippen molar-refractivity contribution in [2.45, 2.75) is 31.3 Å². The van der Waals surface area contributed by atoms with Gasteiger partial charge in [0.25, 0.3) is 0 Å². The number of hydrogen-bond donors (Lipinski definition) is 3. The first-order valence-corrected chi connectivity index (χ1v) is 10.4. The molecule has 0 bridgehead atoms. The van der Waals surface area contributed by atoms with Crippen molar-refractivity contribution in [3.05, 3.63) is 59.7 Å². The van der Waals surface area contributed by atoms with Crippen molar-refractivity contribution in [1.29, 1.82) is 0 Å². The average Bonchev–Trinajstić information content (AvgIpc) is 3.22. The van der Waals surface area contributed by atoms with E-state index >= 15 is 0 Å². The Hall–Kier alpha value is -3.93. The van der Waals surface area contributed by atoms with E-state index in [9.17, 15) is 42.6 Å².